The largest absolute Gasteiger partial charge is 0.496 e. The van der Waals surface area contributed by atoms with Gasteiger partial charge >= 0.3 is 0 Å². The van der Waals surface area contributed by atoms with E-state index in [-0.39, 0.29) is 0 Å². The summed E-state index contributed by atoms with van der Waals surface area (Å²) in [6.07, 6.45) is 1.03. The Morgan fingerprint density at radius 2 is 2.00 bits per heavy atom. The Bertz CT molecular complexity index is 418. The summed E-state index contributed by atoms with van der Waals surface area (Å²) in [6, 6.07) is 8.85. The van der Waals surface area contributed by atoms with Gasteiger partial charge in [0.05, 0.1) is 7.11 Å². The van der Waals surface area contributed by atoms with Crippen molar-refractivity contribution < 1.29 is 4.74 Å². The summed E-state index contributed by atoms with van der Waals surface area (Å²) in [4.78, 5) is 5.00. The maximum atomic E-state index is 5.45. The van der Waals surface area contributed by atoms with Crippen molar-refractivity contribution in [3.63, 3.8) is 0 Å². The zero-order valence-electron chi connectivity index (χ0n) is 13.6. The van der Waals surface area contributed by atoms with Gasteiger partial charge in [-0.05, 0) is 32.0 Å². The summed E-state index contributed by atoms with van der Waals surface area (Å²) in [6.45, 7) is 9.18. The highest BCUT2D eigenvalue weighted by molar-refractivity contribution is 5.33. The third-order valence-electron chi connectivity index (χ3n) is 4.44. The number of nitrogens with one attached hydrogen (secondary N) is 1. The Balaban J connectivity index is 1.80. The molecule has 1 atom stereocenters. The van der Waals surface area contributed by atoms with Gasteiger partial charge in [0.2, 0.25) is 0 Å². The fourth-order valence-electron chi connectivity index (χ4n) is 2.80. The molecule has 21 heavy (non-hydrogen) atoms. The SMILES string of the molecule is COc1ccccc1CC(C)N(C)CCN1CCNCC1. The van der Waals surface area contributed by atoms with Gasteiger partial charge in [-0.3, -0.25) is 4.90 Å². The average molecular weight is 291 g/mol. The van der Waals surface area contributed by atoms with Crippen LogP contribution in [0.3, 0.4) is 0 Å². The zero-order valence-corrected chi connectivity index (χ0v) is 13.6. The van der Waals surface area contributed by atoms with E-state index in [1.165, 1.54) is 18.7 Å². The van der Waals surface area contributed by atoms with E-state index in [1.807, 2.05) is 12.1 Å². The molecule has 0 bridgehead atoms. The molecule has 1 aliphatic heterocycles. The van der Waals surface area contributed by atoms with Crippen LogP contribution >= 0.6 is 0 Å². The van der Waals surface area contributed by atoms with Crippen LogP contribution in [0.25, 0.3) is 0 Å². The fraction of sp³-hybridized carbons (Fsp3) is 0.647. The predicted molar refractivity (Wildman–Crippen MR) is 88.1 cm³/mol. The molecule has 0 saturated carbocycles. The van der Waals surface area contributed by atoms with Gasteiger partial charge in [0.15, 0.2) is 0 Å². The number of likely N-dealkylation sites (N-methyl/N-ethyl adjacent to an activating group) is 1. The molecular weight excluding hydrogens is 262 g/mol. The minimum Gasteiger partial charge on any atom is -0.496 e. The van der Waals surface area contributed by atoms with Gasteiger partial charge in [-0.1, -0.05) is 18.2 Å². The molecule has 0 aromatic heterocycles. The molecule has 118 valence electrons. The second-order valence-corrected chi connectivity index (χ2v) is 5.94. The van der Waals surface area contributed by atoms with Crippen LogP contribution in [0.15, 0.2) is 24.3 Å². The van der Waals surface area contributed by atoms with Crippen LogP contribution in [-0.4, -0.2) is 69.3 Å². The van der Waals surface area contributed by atoms with Crippen molar-refractivity contribution in [2.75, 3.05) is 53.4 Å². The third kappa shape index (κ3) is 4.99. The molecule has 1 aromatic carbocycles. The van der Waals surface area contributed by atoms with Crippen LogP contribution in [0, 0.1) is 0 Å². The van der Waals surface area contributed by atoms with Gasteiger partial charge in [-0.2, -0.15) is 0 Å². The lowest BCUT2D eigenvalue weighted by Crippen LogP contribution is -2.46. The van der Waals surface area contributed by atoms with E-state index in [4.69, 9.17) is 4.74 Å². The van der Waals surface area contributed by atoms with Crippen LogP contribution in [-0.2, 0) is 6.42 Å². The highest BCUT2D eigenvalue weighted by atomic mass is 16.5. The first-order chi connectivity index (χ1) is 10.2. The van der Waals surface area contributed by atoms with Crippen LogP contribution in [0.4, 0.5) is 0 Å². The van der Waals surface area contributed by atoms with Crippen molar-refractivity contribution in [1.29, 1.82) is 0 Å². The van der Waals surface area contributed by atoms with Gasteiger partial charge in [-0.25, -0.2) is 0 Å². The summed E-state index contributed by atoms with van der Waals surface area (Å²) in [7, 11) is 3.97. The van der Waals surface area contributed by atoms with E-state index in [2.05, 4.69) is 41.2 Å². The number of hydrogen-bond donors (Lipinski definition) is 1. The standard InChI is InChI=1S/C17H29N3O/c1-15(14-16-6-4-5-7-17(16)21-3)19(2)12-13-20-10-8-18-9-11-20/h4-7,15,18H,8-14H2,1-3H3. The van der Waals surface area contributed by atoms with Crippen LogP contribution in [0.2, 0.25) is 0 Å². The molecule has 1 fully saturated rings. The number of methoxy groups -OCH3 is 1. The Hall–Kier alpha value is -1.10. The summed E-state index contributed by atoms with van der Waals surface area (Å²) < 4.78 is 5.45. The number of benzene rings is 1. The molecule has 4 nitrogen and oxygen atoms in total. The quantitative estimate of drug-likeness (QED) is 0.823. The van der Waals surface area contributed by atoms with E-state index >= 15 is 0 Å². The second kappa shape index (κ2) is 8.37. The molecule has 2 rings (SSSR count). The Kier molecular flexibility index (Phi) is 6.49. The molecule has 0 amide bonds. The van der Waals surface area contributed by atoms with Crippen molar-refractivity contribution in [3.05, 3.63) is 29.8 Å². The predicted octanol–water partition coefficient (Wildman–Crippen LogP) is 1.46. The second-order valence-electron chi connectivity index (χ2n) is 5.94. The van der Waals surface area contributed by atoms with Crippen LogP contribution in [0.1, 0.15) is 12.5 Å². The van der Waals surface area contributed by atoms with Crippen LogP contribution < -0.4 is 10.1 Å². The molecule has 1 aromatic rings. The number of rotatable bonds is 7. The van der Waals surface area contributed by atoms with Gasteiger partial charge < -0.3 is 15.0 Å². The number of hydrogen-bond acceptors (Lipinski definition) is 4. The van der Waals surface area contributed by atoms with Crippen molar-refractivity contribution >= 4 is 0 Å². The molecule has 1 saturated heterocycles. The van der Waals surface area contributed by atoms with Crippen molar-refractivity contribution in [3.8, 4) is 5.75 Å². The van der Waals surface area contributed by atoms with E-state index in [0.29, 0.717) is 6.04 Å². The molecule has 1 aliphatic rings. The monoisotopic (exact) mass is 291 g/mol. The van der Waals surface area contributed by atoms with Gasteiger partial charge in [-0.15, -0.1) is 0 Å². The first kappa shape index (κ1) is 16.3. The number of nitrogens with zero attached hydrogens (tertiary/aromatic N) is 2. The van der Waals surface area contributed by atoms with Gasteiger partial charge in [0.25, 0.3) is 0 Å². The third-order valence-corrected chi connectivity index (χ3v) is 4.44. The first-order valence-corrected chi connectivity index (χ1v) is 7.96. The van der Waals surface area contributed by atoms with Crippen molar-refractivity contribution in [2.24, 2.45) is 0 Å². The number of piperazine rings is 1. The number of ether oxygens (including phenoxy) is 1. The normalized spacial score (nSPS) is 17.9. The molecule has 1 unspecified atom stereocenters. The topological polar surface area (TPSA) is 27.7 Å². The molecule has 0 spiro atoms. The Morgan fingerprint density at radius 3 is 2.71 bits per heavy atom. The maximum Gasteiger partial charge on any atom is 0.122 e. The Labute approximate surface area is 129 Å². The van der Waals surface area contributed by atoms with E-state index < -0.39 is 0 Å². The van der Waals surface area contributed by atoms with Crippen LogP contribution in [0.5, 0.6) is 5.75 Å². The summed E-state index contributed by atoms with van der Waals surface area (Å²) >= 11 is 0. The zero-order chi connectivity index (χ0) is 15.1. The lowest BCUT2D eigenvalue weighted by Gasteiger charge is -2.31. The Morgan fingerprint density at radius 1 is 1.29 bits per heavy atom. The fourth-order valence-corrected chi connectivity index (χ4v) is 2.80. The molecule has 0 aliphatic carbocycles. The summed E-state index contributed by atoms with van der Waals surface area (Å²) in [5, 5.41) is 3.40. The lowest BCUT2D eigenvalue weighted by atomic mass is 10.1. The molecule has 1 N–H and O–H groups in total. The summed E-state index contributed by atoms with van der Waals surface area (Å²) in [5.74, 6) is 1.000. The highest BCUT2D eigenvalue weighted by Gasteiger charge is 2.15. The first-order valence-electron chi connectivity index (χ1n) is 7.96. The van der Waals surface area contributed by atoms with Gasteiger partial charge in [0, 0.05) is 45.3 Å². The van der Waals surface area contributed by atoms with E-state index in [1.54, 1.807) is 7.11 Å². The molecular formula is C17H29N3O. The average Bonchev–Trinajstić information content (AvgIpc) is 2.54. The van der Waals surface area contributed by atoms with E-state index in [9.17, 15) is 0 Å². The maximum absolute atomic E-state index is 5.45. The van der Waals surface area contributed by atoms with Crippen molar-refractivity contribution in [2.45, 2.75) is 19.4 Å². The molecule has 4 heteroatoms. The molecule has 1 heterocycles. The van der Waals surface area contributed by atoms with Gasteiger partial charge in [0.1, 0.15) is 5.75 Å². The summed E-state index contributed by atoms with van der Waals surface area (Å²) in [5.41, 5.74) is 1.29. The number of para-hydroxylation sites is 1. The minimum absolute atomic E-state index is 0.518. The van der Waals surface area contributed by atoms with E-state index in [0.717, 1.165) is 38.3 Å². The smallest absolute Gasteiger partial charge is 0.122 e. The van der Waals surface area contributed by atoms with Crippen molar-refractivity contribution in [1.82, 2.24) is 15.1 Å². The molecule has 0 radical (unpaired) electrons. The minimum atomic E-state index is 0.518. The highest BCUT2D eigenvalue weighted by Crippen LogP contribution is 2.20. The lowest BCUT2D eigenvalue weighted by molar-refractivity contribution is 0.181.